The lowest BCUT2D eigenvalue weighted by Gasteiger charge is -2.04. The molecule has 0 aliphatic carbocycles. The van der Waals surface area contributed by atoms with Gasteiger partial charge >= 0.3 is 0 Å². The van der Waals surface area contributed by atoms with Gasteiger partial charge < -0.3 is 5.73 Å². The van der Waals surface area contributed by atoms with E-state index in [1.54, 1.807) is 11.8 Å². The van der Waals surface area contributed by atoms with Crippen molar-refractivity contribution in [3.63, 3.8) is 0 Å². The molecule has 1 heterocycles. The van der Waals surface area contributed by atoms with E-state index in [4.69, 9.17) is 5.73 Å². The predicted octanol–water partition coefficient (Wildman–Crippen LogP) is 1.81. The average Bonchev–Trinajstić information content (AvgIpc) is 2.36. The van der Waals surface area contributed by atoms with Crippen LogP contribution in [0, 0.1) is 6.92 Å². The van der Waals surface area contributed by atoms with Crippen molar-refractivity contribution >= 4 is 23.3 Å². The van der Waals surface area contributed by atoms with E-state index in [1.165, 1.54) is 16.4 Å². The average molecular weight is 188 g/mol. The van der Waals surface area contributed by atoms with Crippen LogP contribution < -0.4 is 5.73 Å². The Labute approximate surface area is 75.4 Å². The van der Waals surface area contributed by atoms with Gasteiger partial charge in [-0.05, 0) is 30.8 Å². The number of thioether (sulfide) groups is 1. The van der Waals surface area contributed by atoms with Crippen molar-refractivity contribution in [2.45, 2.75) is 13.0 Å². The first-order valence-electron chi connectivity index (χ1n) is 3.41. The molecule has 0 fully saturated rings. The van der Waals surface area contributed by atoms with Gasteiger partial charge in [-0.2, -0.15) is 16.1 Å². The quantitative estimate of drug-likeness (QED) is 0.786. The van der Waals surface area contributed by atoms with Crippen LogP contribution in [-0.2, 0) is 0 Å². The van der Waals surface area contributed by atoms with Gasteiger partial charge in [-0.15, -0.1) is 0 Å². The fraction of sp³-hybridized carbons (Fsp3) is 0.571. The largest absolute Gasteiger partial charge is 0.323 e. The molecular formula is C7H12N2S2. The Morgan fingerprint density at radius 2 is 2.55 bits per heavy atom. The van der Waals surface area contributed by atoms with Gasteiger partial charge in [-0.25, -0.2) is 0 Å². The summed E-state index contributed by atoms with van der Waals surface area (Å²) < 4.78 is 4.17. The Morgan fingerprint density at radius 3 is 3.00 bits per heavy atom. The molecule has 62 valence electrons. The van der Waals surface area contributed by atoms with Crippen molar-refractivity contribution in [1.82, 2.24) is 4.37 Å². The van der Waals surface area contributed by atoms with Gasteiger partial charge in [0.1, 0.15) is 0 Å². The second-order valence-electron chi connectivity index (χ2n) is 2.43. The molecular weight excluding hydrogens is 176 g/mol. The van der Waals surface area contributed by atoms with Crippen LogP contribution in [0.4, 0.5) is 0 Å². The third kappa shape index (κ3) is 2.47. The standard InChI is InChI=1S/C7H12N2S2/c1-5-3-7(11-9-5)6(8)4-10-2/h3,6H,4,8H2,1-2H3. The molecule has 0 saturated carbocycles. The normalized spacial score (nSPS) is 13.4. The van der Waals surface area contributed by atoms with E-state index < -0.39 is 0 Å². The van der Waals surface area contributed by atoms with Gasteiger partial charge in [-0.3, -0.25) is 0 Å². The molecule has 0 bridgehead atoms. The van der Waals surface area contributed by atoms with Crippen molar-refractivity contribution in [2.75, 3.05) is 12.0 Å². The van der Waals surface area contributed by atoms with E-state index in [2.05, 4.69) is 16.7 Å². The summed E-state index contributed by atoms with van der Waals surface area (Å²) in [5.41, 5.74) is 6.94. The highest BCUT2D eigenvalue weighted by Crippen LogP contribution is 2.19. The highest BCUT2D eigenvalue weighted by Gasteiger charge is 2.07. The number of rotatable bonds is 3. The number of hydrogen-bond donors (Lipinski definition) is 1. The van der Waals surface area contributed by atoms with E-state index in [-0.39, 0.29) is 6.04 Å². The molecule has 11 heavy (non-hydrogen) atoms. The zero-order chi connectivity index (χ0) is 8.27. The number of aromatic nitrogens is 1. The fourth-order valence-electron chi connectivity index (χ4n) is 0.820. The molecule has 2 nitrogen and oxygen atoms in total. The van der Waals surface area contributed by atoms with Crippen molar-refractivity contribution in [2.24, 2.45) is 5.73 Å². The lowest BCUT2D eigenvalue weighted by molar-refractivity contribution is 0.852. The number of aryl methyl sites for hydroxylation is 1. The minimum atomic E-state index is 0.163. The number of nitrogens with two attached hydrogens (primary N) is 1. The Kier molecular flexibility index (Phi) is 3.36. The third-order valence-electron chi connectivity index (χ3n) is 1.36. The molecule has 4 heteroatoms. The molecule has 0 spiro atoms. The van der Waals surface area contributed by atoms with E-state index >= 15 is 0 Å². The van der Waals surface area contributed by atoms with Crippen LogP contribution in [-0.4, -0.2) is 16.4 Å². The zero-order valence-corrected chi connectivity index (χ0v) is 8.34. The molecule has 2 N–H and O–H groups in total. The summed E-state index contributed by atoms with van der Waals surface area (Å²) in [6.07, 6.45) is 2.06. The van der Waals surface area contributed by atoms with Gasteiger partial charge in [0, 0.05) is 16.7 Å². The minimum Gasteiger partial charge on any atom is -0.323 e. The maximum absolute atomic E-state index is 5.87. The lowest BCUT2D eigenvalue weighted by atomic mass is 10.3. The fourth-order valence-corrected chi connectivity index (χ4v) is 2.21. The molecule has 1 rings (SSSR count). The topological polar surface area (TPSA) is 38.9 Å². The van der Waals surface area contributed by atoms with Crippen LogP contribution in [0.25, 0.3) is 0 Å². The molecule has 0 amide bonds. The van der Waals surface area contributed by atoms with E-state index in [9.17, 15) is 0 Å². The lowest BCUT2D eigenvalue weighted by Crippen LogP contribution is -2.10. The van der Waals surface area contributed by atoms with Gasteiger partial charge in [-0.1, -0.05) is 0 Å². The maximum atomic E-state index is 5.87. The highest BCUT2D eigenvalue weighted by molar-refractivity contribution is 7.98. The second kappa shape index (κ2) is 4.09. The van der Waals surface area contributed by atoms with Crippen molar-refractivity contribution < 1.29 is 0 Å². The monoisotopic (exact) mass is 188 g/mol. The summed E-state index contributed by atoms with van der Waals surface area (Å²) in [4.78, 5) is 1.19. The van der Waals surface area contributed by atoms with Crippen LogP contribution in [0.15, 0.2) is 6.07 Å². The van der Waals surface area contributed by atoms with Crippen LogP contribution in [0.2, 0.25) is 0 Å². The van der Waals surface area contributed by atoms with Crippen molar-refractivity contribution in [3.05, 3.63) is 16.6 Å². The third-order valence-corrected chi connectivity index (χ3v) is 3.06. The van der Waals surface area contributed by atoms with Crippen LogP contribution in [0.5, 0.6) is 0 Å². The van der Waals surface area contributed by atoms with E-state index in [1.807, 2.05) is 6.92 Å². The number of nitrogens with zero attached hydrogens (tertiary/aromatic N) is 1. The van der Waals surface area contributed by atoms with Crippen molar-refractivity contribution in [3.8, 4) is 0 Å². The summed E-state index contributed by atoms with van der Waals surface area (Å²) >= 11 is 3.28. The summed E-state index contributed by atoms with van der Waals surface area (Å²) in [7, 11) is 0. The first kappa shape index (κ1) is 9.03. The Hall–Kier alpha value is -0.0600. The summed E-state index contributed by atoms with van der Waals surface area (Å²) in [6, 6.07) is 2.22. The van der Waals surface area contributed by atoms with Crippen LogP contribution in [0.1, 0.15) is 16.6 Å². The van der Waals surface area contributed by atoms with Gasteiger partial charge in [0.25, 0.3) is 0 Å². The van der Waals surface area contributed by atoms with E-state index in [0.29, 0.717) is 0 Å². The molecule has 1 aromatic heterocycles. The molecule has 0 radical (unpaired) electrons. The molecule has 0 aliphatic heterocycles. The molecule has 0 aliphatic rings. The van der Waals surface area contributed by atoms with Crippen molar-refractivity contribution in [1.29, 1.82) is 0 Å². The summed E-state index contributed by atoms with van der Waals surface area (Å²) in [5.74, 6) is 0.974. The highest BCUT2D eigenvalue weighted by atomic mass is 32.2. The van der Waals surface area contributed by atoms with Gasteiger partial charge in [0.05, 0.1) is 5.69 Å². The summed E-state index contributed by atoms with van der Waals surface area (Å²) in [6.45, 7) is 1.99. The second-order valence-corrected chi connectivity index (χ2v) is 4.18. The first-order valence-corrected chi connectivity index (χ1v) is 5.58. The Morgan fingerprint density at radius 1 is 1.82 bits per heavy atom. The number of hydrogen-bond acceptors (Lipinski definition) is 4. The van der Waals surface area contributed by atoms with Gasteiger partial charge in [0.15, 0.2) is 0 Å². The molecule has 1 unspecified atom stereocenters. The molecule has 0 saturated heterocycles. The zero-order valence-electron chi connectivity index (χ0n) is 6.70. The molecule has 1 aromatic rings. The van der Waals surface area contributed by atoms with Crippen LogP contribution in [0.3, 0.4) is 0 Å². The minimum absolute atomic E-state index is 0.163. The predicted molar refractivity (Wildman–Crippen MR) is 52.2 cm³/mol. The maximum Gasteiger partial charge on any atom is 0.0514 e. The molecule has 0 aromatic carbocycles. The smallest absolute Gasteiger partial charge is 0.0514 e. The summed E-state index contributed by atoms with van der Waals surface area (Å²) in [5, 5.41) is 0. The Bertz CT molecular complexity index is 222. The van der Waals surface area contributed by atoms with Crippen LogP contribution >= 0.6 is 23.3 Å². The van der Waals surface area contributed by atoms with E-state index in [0.717, 1.165) is 11.4 Å². The van der Waals surface area contributed by atoms with Gasteiger partial charge in [0.2, 0.25) is 0 Å². The molecule has 1 atom stereocenters. The first-order chi connectivity index (χ1) is 5.24. The SMILES string of the molecule is CSCC(N)c1cc(C)ns1. The Balaban J connectivity index is 2.60.